The minimum atomic E-state index is -4.17. The average Bonchev–Trinajstić information content (AvgIpc) is 2.29. The first-order valence-electron chi connectivity index (χ1n) is 3.81. The topological polar surface area (TPSA) is 23.5 Å². The second-order valence-electron chi connectivity index (χ2n) is 3.31. The van der Waals surface area contributed by atoms with Crippen molar-refractivity contribution in [1.82, 2.24) is 4.90 Å². The monoisotopic (exact) mass is 183 g/mol. The number of alkyl halides is 3. The van der Waals surface area contributed by atoms with Crippen LogP contribution in [0.25, 0.3) is 0 Å². The van der Waals surface area contributed by atoms with Crippen molar-refractivity contribution in [3.05, 3.63) is 0 Å². The zero-order chi connectivity index (χ0) is 9.35. The minimum Gasteiger partial charge on any atom is -0.396 e. The van der Waals surface area contributed by atoms with Crippen LogP contribution in [0.4, 0.5) is 13.2 Å². The number of hydrogen-bond donors (Lipinski definition) is 1. The largest absolute Gasteiger partial charge is 0.396 e. The van der Waals surface area contributed by atoms with Gasteiger partial charge in [0.25, 0.3) is 0 Å². The molecular weight excluding hydrogens is 171 g/mol. The standard InChI is InChI=1S/C7H12F3NO/c1-11-2-5(4-12)6(3-11)7(8,9)10/h5-6,12H,2-4H2,1H3/t5-,6+/m1/s1. The second kappa shape index (κ2) is 3.22. The number of hydrogen-bond acceptors (Lipinski definition) is 2. The summed E-state index contributed by atoms with van der Waals surface area (Å²) in [5, 5.41) is 8.69. The van der Waals surface area contributed by atoms with Gasteiger partial charge in [0.2, 0.25) is 0 Å². The molecule has 0 saturated carbocycles. The Labute approximate surface area is 69.0 Å². The molecule has 1 fully saturated rings. The van der Waals surface area contributed by atoms with Crippen LogP contribution >= 0.6 is 0 Å². The Morgan fingerprint density at radius 1 is 1.42 bits per heavy atom. The van der Waals surface area contributed by atoms with Crippen molar-refractivity contribution in [2.75, 3.05) is 26.7 Å². The van der Waals surface area contributed by atoms with Gasteiger partial charge in [-0.15, -0.1) is 0 Å². The maximum Gasteiger partial charge on any atom is 0.393 e. The SMILES string of the molecule is CN1C[C@H](CO)[C@@H](C(F)(F)F)C1. The van der Waals surface area contributed by atoms with E-state index in [-0.39, 0.29) is 13.2 Å². The van der Waals surface area contributed by atoms with Gasteiger partial charge in [-0.25, -0.2) is 0 Å². The first-order chi connectivity index (χ1) is 5.45. The zero-order valence-corrected chi connectivity index (χ0v) is 6.80. The highest BCUT2D eigenvalue weighted by molar-refractivity contribution is 4.86. The predicted molar refractivity (Wildman–Crippen MR) is 37.6 cm³/mol. The van der Waals surface area contributed by atoms with Crippen LogP contribution in [-0.2, 0) is 0 Å². The highest BCUT2D eigenvalue weighted by atomic mass is 19.4. The van der Waals surface area contributed by atoms with Gasteiger partial charge in [0.15, 0.2) is 0 Å². The molecule has 1 rings (SSSR count). The fraction of sp³-hybridized carbons (Fsp3) is 1.00. The van der Waals surface area contributed by atoms with E-state index in [9.17, 15) is 13.2 Å². The van der Waals surface area contributed by atoms with Gasteiger partial charge >= 0.3 is 6.18 Å². The highest BCUT2D eigenvalue weighted by Crippen LogP contribution is 2.36. The van der Waals surface area contributed by atoms with Crippen LogP contribution in [0.15, 0.2) is 0 Å². The van der Waals surface area contributed by atoms with Crippen molar-refractivity contribution in [1.29, 1.82) is 0 Å². The summed E-state index contributed by atoms with van der Waals surface area (Å²) in [6.07, 6.45) is -4.17. The van der Waals surface area contributed by atoms with E-state index in [1.165, 1.54) is 0 Å². The van der Waals surface area contributed by atoms with Gasteiger partial charge in [0.05, 0.1) is 5.92 Å². The van der Waals surface area contributed by atoms with E-state index in [0.717, 1.165) is 0 Å². The molecule has 72 valence electrons. The maximum absolute atomic E-state index is 12.2. The number of likely N-dealkylation sites (tertiary alicyclic amines) is 1. The second-order valence-corrected chi connectivity index (χ2v) is 3.31. The van der Waals surface area contributed by atoms with Crippen LogP contribution in [-0.4, -0.2) is 42.9 Å². The van der Waals surface area contributed by atoms with E-state index in [2.05, 4.69) is 0 Å². The highest BCUT2D eigenvalue weighted by Gasteiger charge is 2.48. The van der Waals surface area contributed by atoms with Gasteiger partial charge in [-0.2, -0.15) is 13.2 Å². The van der Waals surface area contributed by atoms with E-state index < -0.39 is 18.0 Å². The molecule has 0 aromatic carbocycles. The Hall–Kier alpha value is -0.290. The van der Waals surface area contributed by atoms with Crippen LogP contribution in [0.5, 0.6) is 0 Å². The summed E-state index contributed by atoms with van der Waals surface area (Å²) in [4.78, 5) is 1.60. The van der Waals surface area contributed by atoms with Crippen molar-refractivity contribution in [3.8, 4) is 0 Å². The summed E-state index contributed by atoms with van der Waals surface area (Å²) in [7, 11) is 1.63. The molecule has 5 heteroatoms. The van der Waals surface area contributed by atoms with E-state index >= 15 is 0 Å². The Morgan fingerprint density at radius 2 is 2.00 bits per heavy atom. The molecule has 12 heavy (non-hydrogen) atoms. The molecule has 0 aromatic heterocycles. The lowest BCUT2D eigenvalue weighted by Gasteiger charge is -2.18. The lowest BCUT2D eigenvalue weighted by Crippen LogP contribution is -2.31. The lowest BCUT2D eigenvalue weighted by molar-refractivity contribution is -0.182. The van der Waals surface area contributed by atoms with E-state index in [4.69, 9.17) is 5.11 Å². The lowest BCUT2D eigenvalue weighted by atomic mass is 9.97. The van der Waals surface area contributed by atoms with Crippen LogP contribution in [0.2, 0.25) is 0 Å². The summed E-state index contributed by atoms with van der Waals surface area (Å²) in [6.45, 7) is -0.0378. The molecule has 0 amide bonds. The summed E-state index contributed by atoms with van der Waals surface area (Å²) in [5.41, 5.74) is 0. The maximum atomic E-state index is 12.2. The van der Waals surface area contributed by atoms with Crippen molar-refractivity contribution >= 4 is 0 Å². The minimum absolute atomic E-state index is 0.00866. The predicted octanol–water partition coefficient (Wildman–Crippen LogP) is 0.719. The van der Waals surface area contributed by atoms with Crippen molar-refractivity contribution in [2.45, 2.75) is 6.18 Å². The molecule has 1 aliphatic rings. The summed E-state index contributed by atoms with van der Waals surface area (Å²) in [6, 6.07) is 0. The molecule has 0 bridgehead atoms. The molecular formula is C7H12F3NO. The molecule has 0 aliphatic carbocycles. The number of rotatable bonds is 1. The van der Waals surface area contributed by atoms with Crippen molar-refractivity contribution in [2.24, 2.45) is 11.8 Å². The third kappa shape index (κ3) is 1.90. The van der Waals surface area contributed by atoms with Crippen LogP contribution in [0.1, 0.15) is 0 Å². The van der Waals surface area contributed by atoms with E-state index in [0.29, 0.717) is 6.54 Å². The fourth-order valence-corrected chi connectivity index (χ4v) is 1.64. The smallest absolute Gasteiger partial charge is 0.393 e. The molecule has 2 atom stereocenters. The van der Waals surface area contributed by atoms with E-state index in [1.807, 2.05) is 0 Å². The molecule has 0 aromatic rings. The van der Waals surface area contributed by atoms with Crippen molar-refractivity contribution < 1.29 is 18.3 Å². The van der Waals surface area contributed by atoms with Gasteiger partial charge in [-0.05, 0) is 7.05 Å². The fourth-order valence-electron chi connectivity index (χ4n) is 1.64. The third-order valence-electron chi connectivity index (χ3n) is 2.28. The quantitative estimate of drug-likeness (QED) is 0.647. The van der Waals surface area contributed by atoms with Gasteiger partial charge in [0.1, 0.15) is 0 Å². The molecule has 0 unspecified atom stereocenters. The molecule has 0 radical (unpaired) electrons. The number of aliphatic hydroxyl groups excluding tert-OH is 1. The normalized spacial score (nSPS) is 32.8. The summed E-state index contributed by atoms with van der Waals surface area (Å²) >= 11 is 0. The Balaban J connectivity index is 2.64. The first-order valence-corrected chi connectivity index (χ1v) is 3.81. The van der Waals surface area contributed by atoms with Crippen LogP contribution in [0.3, 0.4) is 0 Å². The van der Waals surface area contributed by atoms with Gasteiger partial charge in [0, 0.05) is 25.6 Å². The van der Waals surface area contributed by atoms with Gasteiger partial charge in [-0.1, -0.05) is 0 Å². The van der Waals surface area contributed by atoms with Crippen LogP contribution < -0.4 is 0 Å². The zero-order valence-electron chi connectivity index (χ0n) is 6.80. The van der Waals surface area contributed by atoms with Gasteiger partial charge in [-0.3, -0.25) is 0 Å². The molecule has 1 aliphatic heterocycles. The molecule has 1 saturated heterocycles. The summed E-state index contributed by atoms with van der Waals surface area (Å²) in [5.74, 6) is -2.00. The molecule has 1 N–H and O–H groups in total. The molecule has 2 nitrogen and oxygen atoms in total. The van der Waals surface area contributed by atoms with Gasteiger partial charge < -0.3 is 10.0 Å². The Morgan fingerprint density at radius 3 is 2.33 bits per heavy atom. The average molecular weight is 183 g/mol. The number of halogens is 3. The van der Waals surface area contributed by atoms with Crippen LogP contribution in [0, 0.1) is 11.8 Å². The number of nitrogens with zero attached hydrogens (tertiary/aromatic N) is 1. The third-order valence-corrected chi connectivity index (χ3v) is 2.28. The molecule has 1 heterocycles. The van der Waals surface area contributed by atoms with Crippen molar-refractivity contribution in [3.63, 3.8) is 0 Å². The first kappa shape index (κ1) is 9.80. The Kier molecular flexibility index (Phi) is 2.63. The summed E-state index contributed by atoms with van der Waals surface area (Å²) < 4.78 is 36.7. The van der Waals surface area contributed by atoms with E-state index in [1.54, 1.807) is 11.9 Å². The Bertz CT molecular complexity index is 159. The molecule has 0 spiro atoms. The number of aliphatic hydroxyl groups is 1.